The summed E-state index contributed by atoms with van der Waals surface area (Å²) < 4.78 is 0. The Labute approximate surface area is 237 Å². The molecule has 1 spiro atoms. The second-order valence-electron chi connectivity index (χ2n) is 10.4. The Kier molecular flexibility index (Phi) is 15.4. The number of amides is 1. The fraction of sp³-hybridized carbons (Fsp3) is 0.594. The van der Waals surface area contributed by atoms with Crippen LogP contribution in [-0.4, -0.2) is 81.6 Å². The van der Waals surface area contributed by atoms with Crippen molar-refractivity contribution in [3.8, 4) is 0 Å². The normalized spacial score (nSPS) is 16.7. The number of benzene rings is 1. The summed E-state index contributed by atoms with van der Waals surface area (Å²) in [7, 11) is 5.65. The molecule has 1 atom stereocenters. The topological polar surface area (TPSA) is 73.0 Å². The van der Waals surface area contributed by atoms with E-state index in [-0.39, 0.29) is 6.04 Å². The molecule has 0 saturated carbocycles. The first-order valence-corrected chi connectivity index (χ1v) is 14.4. The van der Waals surface area contributed by atoms with Crippen molar-refractivity contribution in [1.82, 2.24) is 15.1 Å². The van der Waals surface area contributed by atoms with Gasteiger partial charge in [0.15, 0.2) is 6.29 Å². The van der Waals surface area contributed by atoms with Gasteiger partial charge < -0.3 is 19.9 Å². The first kappa shape index (κ1) is 34.1. The van der Waals surface area contributed by atoms with E-state index < -0.39 is 0 Å². The van der Waals surface area contributed by atoms with Gasteiger partial charge in [0.2, 0.25) is 5.91 Å². The summed E-state index contributed by atoms with van der Waals surface area (Å²) in [5, 5.41) is 2.95. The summed E-state index contributed by atoms with van der Waals surface area (Å²) in [5.74, 6) is 0.291. The van der Waals surface area contributed by atoms with Gasteiger partial charge in [0.25, 0.3) is 0 Å². The van der Waals surface area contributed by atoms with E-state index in [0.717, 1.165) is 75.7 Å². The molecule has 7 heteroatoms. The molecular formula is C32H52N4O3. The van der Waals surface area contributed by atoms with Crippen LogP contribution in [0.15, 0.2) is 37.1 Å². The summed E-state index contributed by atoms with van der Waals surface area (Å²) >= 11 is 0. The van der Waals surface area contributed by atoms with Crippen LogP contribution in [0.25, 0.3) is 6.08 Å². The highest BCUT2D eigenvalue weighted by Gasteiger charge is 2.38. The maximum atomic E-state index is 11.9. The van der Waals surface area contributed by atoms with Crippen molar-refractivity contribution in [1.29, 1.82) is 0 Å². The largest absolute Gasteiger partial charge is 0.392 e. The number of carbonyl (C=O) groups excluding carboxylic acids is 3. The Hall–Kier alpha value is -2.93. The highest BCUT2D eigenvalue weighted by molar-refractivity contribution is 5.83. The lowest BCUT2D eigenvalue weighted by molar-refractivity contribution is -0.133. The predicted molar refractivity (Wildman–Crippen MR) is 164 cm³/mol. The minimum atomic E-state index is 0.00935. The molecule has 2 aliphatic heterocycles. The molecule has 2 aliphatic rings. The number of hydrogen-bond donors (Lipinski definition) is 1. The summed E-state index contributed by atoms with van der Waals surface area (Å²) in [6, 6.07) is 6.00. The van der Waals surface area contributed by atoms with E-state index in [9.17, 15) is 14.4 Å². The van der Waals surface area contributed by atoms with Crippen molar-refractivity contribution in [2.75, 3.05) is 52.2 Å². The van der Waals surface area contributed by atoms with E-state index in [1.54, 1.807) is 6.08 Å². The van der Waals surface area contributed by atoms with E-state index >= 15 is 0 Å². The van der Waals surface area contributed by atoms with Crippen molar-refractivity contribution in [2.24, 2.45) is 5.41 Å². The second-order valence-corrected chi connectivity index (χ2v) is 10.4. The average Bonchev–Trinajstić information content (AvgIpc) is 2.98. The molecule has 218 valence electrons. The Morgan fingerprint density at radius 2 is 1.67 bits per heavy atom. The lowest BCUT2D eigenvalue weighted by Crippen LogP contribution is -2.48. The van der Waals surface area contributed by atoms with Gasteiger partial charge in [0, 0.05) is 56.6 Å². The van der Waals surface area contributed by atoms with Crippen LogP contribution in [0.5, 0.6) is 0 Å². The third-order valence-electron chi connectivity index (χ3n) is 8.00. The van der Waals surface area contributed by atoms with Crippen LogP contribution in [0.2, 0.25) is 0 Å². The van der Waals surface area contributed by atoms with Crippen molar-refractivity contribution in [2.45, 2.75) is 71.8 Å². The zero-order valence-corrected chi connectivity index (χ0v) is 25.3. The Morgan fingerprint density at radius 3 is 2.13 bits per heavy atom. The number of aldehydes is 2. The number of carbonyl (C=O) groups is 3. The SMILES string of the molecule is C=C(CCC(C=O)N(C)C)NC.C=Cc1cc(N2CCC3(CCN(C(=O)CC)CC3)CC2)ccc1C=O.CC. The number of likely N-dealkylation sites (N-methyl/N-ethyl adjacent to an activating group) is 1. The first-order chi connectivity index (χ1) is 18.7. The fourth-order valence-electron chi connectivity index (χ4n) is 5.13. The number of nitrogens with one attached hydrogen (secondary N) is 1. The van der Waals surface area contributed by atoms with Crippen LogP contribution in [-0.2, 0) is 9.59 Å². The number of likely N-dealkylation sites (tertiary alicyclic amines) is 1. The molecular weight excluding hydrogens is 488 g/mol. The summed E-state index contributed by atoms with van der Waals surface area (Å²) in [5.41, 5.74) is 4.15. The molecule has 0 aliphatic carbocycles. The lowest BCUT2D eigenvalue weighted by atomic mass is 9.71. The number of piperidine rings is 2. The van der Waals surface area contributed by atoms with Crippen molar-refractivity contribution < 1.29 is 14.4 Å². The molecule has 1 amide bonds. The van der Waals surface area contributed by atoms with Crippen molar-refractivity contribution in [3.05, 3.63) is 48.2 Å². The van der Waals surface area contributed by atoms with Crippen LogP contribution >= 0.6 is 0 Å². The van der Waals surface area contributed by atoms with E-state index in [1.165, 1.54) is 18.5 Å². The zero-order valence-electron chi connectivity index (χ0n) is 25.3. The quantitative estimate of drug-likeness (QED) is 0.400. The Balaban J connectivity index is 0.000000461. The van der Waals surface area contributed by atoms with Gasteiger partial charge in [-0.15, -0.1) is 0 Å². The van der Waals surface area contributed by atoms with Crippen molar-refractivity contribution >= 4 is 30.2 Å². The Bertz CT molecular complexity index is 925. The molecule has 1 unspecified atom stereocenters. The summed E-state index contributed by atoms with van der Waals surface area (Å²) in [4.78, 5) is 39.9. The van der Waals surface area contributed by atoms with Crippen LogP contribution in [0.1, 0.15) is 81.6 Å². The van der Waals surface area contributed by atoms with Gasteiger partial charge in [-0.05, 0) is 81.8 Å². The molecule has 7 nitrogen and oxygen atoms in total. The molecule has 0 bridgehead atoms. The standard InChI is InChI=1S/C21H28N2O2.C9H18N2O.C2H6/c1-3-17-15-19(6-5-18(17)16-24)22-11-7-21(8-12-22)9-13-23(14-10-21)20(25)4-2;1-8(10-2)5-6-9(7-12)11(3)4;1-2/h3,5-6,15-16H,1,4,7-14H2,2H3;7,9-10H,1,5-6H2,2-4H3;1-2H3. The number of allylic oxidation sites excluding steroid dienone is 1. The lowest BCUT2D eigenvalue weighted by Gasteiger charge is -2.47. The fourth-order valence-corrected chi connectivity index (χ4v) is 5.13. The maximum Gasteiger partial charge on any atom is 0.222 e. The highest BCUT2D eigenvalue weighted by Crippen LogP contribution is 2.42. The van der Waals surface area contributed by atoms with Crippen molar-refractivity contribution in [3.63, 3.8) is 0 Å². The molecule has 39 heavy (non-hydrogen) atoms. The van der Waals surface area contributed by atoms with Gasteiger partial charge in [-0.2, -0.15) is 0 Å². The molecule has 2 saturated heterocycles. The maximum absolute atomic E-state index is 11.9. The molecule has 1 N–H and O–H groups in total. The molecule has 1 aromatic rings. The van der Waals surface area contributed by atoms with Gasteiger partial charge >= 0.3 is 0 Å². The molecule has 3 rings (SSSR count). The predicted octanol–water partition coefficient (Wildman–Crippen LogP) is 5.42. The number of anilines is 1. The van der Waals surface area contributed by atoms with Crippen LogP contribution in [0.4, 0.5) is 5.69 Å². The second kappa shape index (κ2) is 17.6. The average molecular weight is 541 g/mol. The molecule has 0 radical (unpaired) electrons. The minimum absolute atomic E-state index is 0.00935. The molecule has 2 fully saturated rings. The van der Waals surface area contributed by atoms with Crippen LogP contribution in [0, 0.1) is 5.41 Å². The number of rotatable bonds is 10. The number of hydrogen-bond acceptors (Lipinski definition) is 6. The van der Waals surface area contributed by atoms with E-state index in [1.807, 2.05) is 63.8 Å². The van der Waals surface area contributed by atoms with Gasteiger partial charge in [0.1, 0.15) is 6.29 Å². The number of nitrogens with zero attached hydrogens (tertiary/aromatic N) is 3. The van der Waals surface area contributed by atoms with Gasteiger partial charge in [0.05, 0.1) is 6.04 Å². The molecule has 2 heterocycles. The Morgan fingerprint density at radius 1 is 1.08 bits per heavy atom. The van der Waals surface area contributed by atoms with Crippen LogP contribution in [0.3, 0.4) is 0 Å². The third kappa shape index (κ3) is 10.3. The molecule has 0 aromatic heterocycles. The zero-order chi connectivity index (χ0) is 29.4. The van der Waals surface area contributed by atoms with Gasteiger partial charge in [-0.25, -0.2) is 0 Å². The van der Waals surface area contributed by atoms with E-state index in [0.29, 0.717) is 23.3 Å². The van der Waals surface area contributed by atoms with Crippen LogP contribution < -0.4 is 10.2 Å². The third-order valence-corrected chi connectivity index (χ3v) is 8.00. The monoisotopic (exact) mass is 540 g/mol. The van der Waals surface area contributed by atoms with E-state index in [2.05, 4.69) is 29.4 Å². The molecule has 1 aromatic carbocycles. The smallest absolute Gasteiger partial charge is 0.222 e. The first-order valence-electron chi connectivity index (χ1n) is 14.4. The van der Waals surface area contributed by atoms with Gasteiger partial charge in [-0.3, -0.25) is 14.5 Å². The summed E-state index contributed by atoms with van der Waals surface area (Å²) in [6.07, 6.45) is 10.5. The van der Waals surface area contributed by atoms with Gasteiger partial charge in [-0.1, -0.05) is 40.0 Å². The minimum Gasteiger partial charge on any atom is -0.392 e. The highest BCUT2D eigenvalue weighted by atomic mass is 16.2. The summed E-state index contributed by atoms with van der Waals surface area (Å²) in [6.45, 7) is 17.5. The van der Waals surface area contributed by atoms with E-state index in [4.69, 9.17) is 0 Å².